The lowest BCUT2D eigenvalue weighted by molar-refractivity contribution is -0.131. The molecule has 1 fully saturated rings. The molecule has 1 heterocycles. The van der Waals surface area contributed by atoms with Crippen molar-refractivity contribution >= 4 is 17.5 Å². The third-order valence-corrected chi connectivity index (χ3v) is 4.64. The predicted molar refractivity (Wildman–Crippen MR) is 99.3 cm³/mol. The van der Waals surface area contributed by atoms with Crippen LogP contribution in [-0.4, -0.2) is 29.3 Å². The van der Waals surface area contributed by atoms with Gasteiger partial charge in [-0.2, -0.15) is 0 Å². The van der Waals surface area contributed by atoms with Crippen molar-refractivity contribution in [2.24, 2.45) is 0 Å². The largest absolute Gasteiger partial charge is 0.339 e. The summed E-state index contributed by atoms with van der Waals surface area (Å²) >= 11 is 0. The third kappa shape index (κ3) is 4.69. The van der Waals surface area contributed by atoms with E-state index in [-0.39, 0.29) is 11.8 Å². The van der Waals surface area contributed by atoms with Gasteiger partial charge in [-0.15, -0.1) is 0 Å². The van der Waals surface area contributed by atoms with E-state index in [1.807, 2.05) is 47.4 Å². The molecular formula is C21H24N2O2. The molecule has 1 saturated heterocycles. The van der Waals surface area contributed by atoms with Gasteiger partial charge >= 0.3 is 0 Å². The van der Waals surface area contributed by atoms with Crippen molar-refractivity contribution in [3.8, 4) is 0 Å². The molecule has 130 valence electrons. The molecule has 3 rings (SSSR count). The number of likely N-dealkylation sites (tertiary alicyclic amines) is 1. The Morgan fingerprint density at radius 3 is 2.44 bits per heavy atom. The molecule has 1 N–H and O–H groups in total. The van der Waals surface area contributed by atoms with E-state index in [4.69, 9.17) is 0 Å². The topological polar surface area (TPSA) is 49.4 Å². The number of carbonyl (C=O) groups excluding carboxylic acids is 2. The molecule has 0 radical (unpaired) electrons. The first-order valence-electron chi connectivity index (χ1n) is 8.82. The van der Waals surface area contributed by atoms with Gasteiger partial charge in [0, 0.05) is 25.2 Å². The van der Waals surface area contributed by atoms with Crippen LogP contribution in [0, 0.1) is 0 Å². The van der Waals surface area contributed by atoms with E-state index in [2.05, 4.69) is 17.4 Å². The molecule has 1 aliphatic rings. The first-order valence-corrected chi connectivity index (χ1v) is 8.82. The SMILES string of the molecule is CC(=O)Nc1ccc(CC(=O)N2CCCC2Cc2ccccc2)cc1. The Balaban J connectivity index is 1.60. The molecule has 0 saturated carbocycles. The van der Waals surface area contributed by atoms with E-state index in [0.717, 1.165) is 37.1 Å². The maximum atomic E-state index is 12.7. The van der Waals surface area contributed by atoms with Gasteiger partial charge in [0.15, 0.2) is 0 Å². The Bertz CT molecular complexity index is 725. The molecule has 0 bridgehead atoms. The Morgan fingerprint density at radius 1 is 1.04 bits per heavy atom. The molecule has 0 aromatic heterocycles. The lowest BCUT2D eigenvalue weighted by Crippen LogP contribution is -2.37. The van der Waals surface area contributed by atoms with Crippen LogP contribution < -0.4 is 5.32 Å². The highest BCUT2D eigenvalue weighted by Gasteiger charge is 2.28. The fourth-order valence-electron chi connectivity index (χ4n) is 3.45. The average Bonchev–Trinajstić information content (AvgIpc) is 3.05. The van der Waals surface area contributed by atoms with Crippen LogP contribution in [0.1, 0.15) is 30.9 Å². The number of carbonyl (C=O) groups is 2. The monoisotopic (exact) mass is 336 g/mol. The minimum absolute atomic E-state index is 0.0929. The van der Waals surface area contributed by atoms with Gasteiger partial charge in [-0.1, -0.05) is 42.5 Å². The number of hydrogen-bond donors (Lipinski definition) is 1. The predicted octanol–water partition coefficient (Wildman–Crippen LogP) is 3.42. The van der Waals surface area contributed by atoms with Crippen molar-refractivity contribution < 1.29 is 9.59 Å². The number of anilines is 1. The minimum Gasteiger partial charge on any atom is -0.339 e. The maximum absolute atomic E-state index is 12.7. The van der Waals surface area contributed by atoms with Crippen molar-refractivity contribution in [1.29, 1.82) is 0 Å². The number of nitrogens with one attached hydrogen (secondary N) is 1. The third-order valence-electron chi connectivity index (χ3n) is 4.64. The Hall–Kier alpha value is -2.62. The summed E-state index contributed by atoms with van der Waals surface area (Å²) < 4.78 is 0. The van der Waals surface area contributed by atoms with Gasteiger partial charge in [0.1, 0.15) is 0 Å². The van der Waals surface area contributed by atoms with Crippen LogP contribution in [0.2, 0.25) is 0 Å². The van der Waals surface area contributed by atoms with Crippen molar-refractivity contribution in [3.05, 3.63) is 65.7 Å². The first kappa shape index (κ1) is 17.2. The van der Waals surface area contributed by atoms with E-state index in [1.54, 1.807) is 0 Å². The van der Waals surface area contributed by atoms with Crippen molar-refractivity contribution in [1.82, 2.24) is 4.90 Å². The van der Waals surface area contributed by atoms with E-state index in [1.165, 1.54) is 12.5 Å². The lowest BCUT2D eigenvalue weighted by atomic mass is 10.0. The second-order valence-corrected chi connectivity index (χ2v) is 6.63. The Kier molecular flexibility index (Phi) is 5.49. The van der Waals surface area contributed by atoms with Crippen molar-refractivity contribution in [3.63, 3.8) is 0 Å². The Morgan fingerprint density at radius 2 is 1.76 bits per heavy atom. The van der Waals surface area contributed by atoms with Crippen LogP contribution in [-0.2, 0) is 22.4 Å². The van der Waals surface area contributed by atoms with E-state index in [0.29, 0.717) is 12.5 Å². The summed E-state index contributed by atoms with van der Waals surface area (Å²) in [6, 6.07) is 18.2. The molecule has 2 aromatic rings. The summed E-state index contributed by atoms with van der Waals surface area (Å²) in [5.74, 6) is 0.0929. The fraction of sp³-hybridized carbons (Fsp3) is 0.333. The summed E-state index contributed by atoms with van der Waals surface area (Å²) in [7, 11) is 0. The van der Waals surface area contributed by atoms with Crippen LogP contribution in [0.5, 0.6) is 0 Å². The molecule has 25 heavy (non-hydrogen) atoms. The highest BCUT2D eigenvalue weighted by molar-refractivity contribution is 5.88. The van der Waals surface area contributed by atoms with Gasteiger partial charge in [0.05, 0.1) is 6.42 Å². The molecule has 1 aliphatic heterocycles. The smallest absolute Gasteiger partial charge is 0.227 e. The summed E-state index contributed by atoms with van der Waals surface area (Å²) in [6.07, 6.45) is 3.48. The first-order chi connectivity index (χ1) is 12.1. The van der Waals surface area contributed by atoms with Gasteiger partial charge in [-0.3, -0.25) is 9.59 Å². The Labute approximate surface area is 148 Å². The molecule has 1 atom stereocenters. The van der Waals surface area contributed by atoms with Crippen molar-refractivity contribution in [2.45, 2.75) is 38.6 Å². The van der Waals surface area contributed by atoms with E-state index < -0.39 is 0 Å². The van der Waals surface area contributed by atoms with Crippen LogP contribution in [0.25, 0.3) is 0 Å². The minimum atomic E-state index is -0.0929. The average molecular weight is 336 g/mol. The number of amides is 2. The zero-order valence-corrected chi connectivity index (χ0v) is 14.6. The molecule has 2 aromatic carbocycles. The number of hydrogen-bond acceptors (Lipinski definition) is 2. The number of nitrogens with zero attached hydrogens (tertiary/aromatic N) is 1. The molecule has 1 unspecified atom stereocenters. The summed E-state index contributed by atoms with van der Waals surface area (Å²) in [4.78, 5) is 25.8. The van der Waals surface area contributed by atoms with Crippen LogP contribution in [0.3, 0.4) is 0 Å². The lowest BCUT2D eigenvalue weighted by Gasteiger charge is -2.25. The zero-order valence-electron chi connectivity index (χ0n) is 14.6. The van der Waals surface area contributed by atoms with Crippen molar-refractivity contribution in [2.75, 3.05) is 11.9 Å². The van der Waals surface area contributed by atoms with Gasteiger partial charge in [0.25, 0.3) is 0 Å². The molecular weight excluding hydrogens is 312 g/mol. The molecule has 4 nitrogen and oxygen atoms in total. The fourth-order valence-corrected chi connectivity index (χ4v) is 3.45. The normalized spacial score (nSPS) is 16.7. The highest BCUT2D eigenvalue weighted by atomic mass is 16.2. The second kappa shape index (κ2) is 7.97. The standard InChI is InChI=1S/C21H24N2O2/c1-16(24)22-19-11-9-18(10-12-19)15-21(25)23-13-5-8-20(23)14-17-6-3-2-4-7-17/h2-4,6-7,9-12,20H,5,8,13-15H2,1H3,(H,22,24). The number of rotatable bonds is 5. The molecule has 0 aliphatic carbocycles. The highest BCUT2D eigenvalue weighted by Crippen LogP contribution is 2.22. The van der Waals surface area contributed by atoms with Crippen LogP contribution >= 0.6 is 0 Å². The van der Waals surface area contributed by atoms with Gasteiger partial charge in [0.2, 0.25) is 11.8 Å². The second-order valence-electron chi connectivity index (χ2n) is 6.63. The number of benzene rings is 2. The molecule has 4 heteroatoms. The summed E-state index contributed by atoms with van der Waals surface area (Å²) in [6.45, 7) is 2.33. The van der Waals surface area contributed by atoms with E-state index in [9.17, 15) is 9.59 Å². The zero-order chi connectivity index (χ0) is 17.6. The summed E-state index contributed by atoms with van der Waals surface area (Å²) in [5.41, 5.74) is 3.02. The van der Waals surface area contributed by atoms with E-state index >= 15 is 0 Å². The van der Waals surface area contributed by atoms with Crippen LogP contribution in [0.15, 0.2) is 54.6 Å². The van der Waals surface area contributed by atoms with Gasteiger partial charge in [-0.25, -0.2) is 0 Å². The van der Waals surface area contributed by atoms with Gasteiger partial charge < -0.3 is 10.2 Å². The molecule has 2 amide bonds. The maximum Gasteiger partial charge on any atom is 0.227 e. The van der Waals surface area contributed by atoms with Crippen LogP contribution in [0.4, 0.5) is 5.69 Å². The molecule has 0 spiro atoms. The quantitative estimate of drug-likeness (QED) is 0.909. The van der Waals surface area contributed by atoms with Gasteiger partial charge in [-0.05, 0) is 42.5 Å². The summed E-state index contributed by atoms with van der Waals surface area (Å²) in [5, 5.41) is 2.74.